The van der Waals surface area contributed by atoms with E-state index < -0.39 is 0 Å². The second-order valence-electron chi connectivity index (χ2n) is 10.4. The van der Waals surface area contributed by atoms with Gasteiger partial charge < -0.3 is 4.90 Å². The zero-order chi connectivity index (χ0) is 20.8. The third kappa shape index (κ3) is 4.08. The summed E-state index contributed by atoms with van der Waals surface area (Å²) in [6.07, 6.45) is 8.22. The summed E-state index contributed by atoms with van der Waals surface area (Å²) in [6, 6.07) is 7.20. The molecule has 0 aromatic heterocycles. The first-order valence-corrected chi connectivity index (χ1v) is 12.0. The molecule has 2 heterocycles. The van der Waals surface area contributed by atoms with E-state index in [1.165, 1.54) is 28.9 Å². The Balaban J connectivity index is 1.49. The van der Waals surface area contributed by atoms with Gasteiger partial charge in [0, 0.05) is 24.9 Å². The molecule has 4 rings (SSSR count). The first-order valence-electron chi connectivity index (χ1n) is 11.1. The lowest BCUT2D eigenvalue weighted by Gasteiger charge is -2.42. The summed E-state index contributed by atoms with van der Waals surface area (Å²) in [5.74, 6) is 0.857. The van der Waals surface area contributed by atoms with Gasteiger partial charge in [-0.25, -0.2) is 0 Å². The smallest absolute Gasteiger partial charge is 0.219 e. The molecule has 29 heavy (non-hydrogen) atoms. The highest BCUT2D eigenvalue weighted by Gasteiger charge is 2.37. The Morgan fingerprint density at radius 3 is 2.28 bits per heavy atom. The normalized spacial score (nSPS) is 23.8. The Hall–Kier alpha value is -1.48. The highest BCUT2D eigenvalue weighted by atomic mass is 32.2. The number of likely N-dealkylation sites (tertiary alicyclic amines) is 1. The minimum absolute atomic E-state index is 0.219. The molecule has 3 aliphatic rings. The van der Waals surface area contributed by atoms with Gasteiger partial charge in [0.2, 0.25) is 5.91 Å². The number of allylic oxidation sites excluding steroid dienone is 2. The number of piperidine rings is 1. The zero-order valence-electron chi connectivity index (χ0n) is 18.7. The molecule has 0 atom stereocenters. The van der Waals surface area contributed by atoms with Gasteiger partial charge in [0.25, 0.3) is 0 Å². The van der Waals surface area contributed by atoms with Crippen LogP contribution in [0, 0.1) is 5.92 Å². The van der Waals surface area contributed by atoms with Crippen LogP contribution in [0.5, 0.6) is 0 Å². The zero-order valence-corrected chi connectivity index (χ0v) is 19.5. The summed E-state index contributed by atoms with van der Waals surface area (Å²) in [5.41, 5.74) is 6.54. The summed E-state index contributed by atoms with van der Waals surface area (Å²) in [5, 5.41) is 2.40. The van der Waals surface area contributed by atoms with Crippen molar-refractivity contribution >= 4 is 22.6 Å². The maximum absolute atomic E-state index is 11.6. The summed E-state index contributed by atoms with van der Waals surface area (Å²) in [6.45, 7) is 13.1. The topological polar surface area (TPSA) is 20.3 Å². The van der Waals surface area contributed by atoms with Crippen molar-refractivity contribution in [3.05, 3.63) is 51.9 Å². The standard InChI is InChI=1S/C26H35NOS/c1-18(28)27-14-10-19(11-15-27)21-7-9-24(29-17-21)20-6-8-22-23(16-20)26(4,5)13-12-25(22,2)3/h6,8-9,16-17,19H,7,10-15H2,1-5H3. The molecular formula is C26H35NOS. The Morgan fingerprint density at radius 2 is 1.69 bits per heavy atom. The first-order chi connectivity index (χ1) is 13.7. The number of fused-ring (bicyclic) bond motifs is 1. The van der Waals surface area contributed by atoms with E-state index in [0.29, 0.717) is 5.92 Å². The minimum atomic E-state index is 0.219. The summed E-state index contributed by atoms with van der Waals surface area (Å²) in [4.78, 5) is 15.0. The third-order valence-corrected chi connectivity index (χ3v) is 8.54. The molecule has 0 radical (unpaired) electrons. The van der Waals surface area contributed by atoms with Crippen LogP contribution in [0.15, 0.2) is 35.3 Å². The fraction of sp³-hybridized carbons (Fsp3) is 0.577. The van der Waals surface area contributed by atoms with E-state index in [1.807, 2.05) is 16.7 Å². The molecule has 0 unspecified atom stereocenters. The van der Waals surface area contributed by atoms with Gasteiger partial charge in [0.05, 0.1) is 0 Å². The Morgan fingerprint density at radius 1 is 1.03 bits per heavy atom. The number of hydrogen-bond acceptors (Lipinski definition) is 2. The molecule has 0 N–H and O–H groups in total. The largest absolute Gasteiger partial charge is 0.343 e. The first kappa shape index (κ1) is 20.8. The lowest BCUT2D eigenvalue weighted by molar-refractivity contribution is -0.130. The van der Waals surface area contributed by atoms with Gasteiger partial charge in [-0.2, -0.15) is 0 Å². The van der Waals surface area contributed by atoms with Crippen molar-refractivity contribution in [3.8, 4) is 0 Å². The number of carbonyl (C=O) groups is 1. The monoisotopic (exact) mass is 409 g/mol. The van der Waals surface area contributed by atoms with Gasteiger partial charge in [-0.15, -0.1) is 0 Å². The maximum atomic E-state index is 11.6. The van der Waals surface area contributed by atoms with E-state index in [1.54, 1.807) is 18.1 Å². The summed E-state index contributed by atoms with van der Waals surface area (Å²) >= 11 is 1.89. The Labute approximate surface area is 180 Å². The van der Waals surface area contributed by atoms with Gasteiger partial charge in [-0.1, -0.05) is 63.2 Å². The van der Waals surface area contributed by atoms with Crippen molar-refractivity contribution in [2.45, 2.75) is 77.6 Å². The van der Waals surface area contributed by atoms with Crippen molar-refractivity contribution in [3.63, 3.8) is 0 Å². The number of rotatable bonds is 2. The van der Waals surface area contributed by atoms with Crippen molar-refractivity contribution in [2.75, 3.05) is 13.1 Å². The number of nitrogens with zero attached hydrogens (tertiary/aromatic N) is 1. The van der Waals surface area contributed by atoms with Gasteiger partial charge in [0.15, 0.2) is 0 Å². The second kappa shape index (κ2) is 7.65. The van der Waals surface area contributed by atoms with E-state index in [-0.39, 0.29) is 16.7 Å². The highest BCUT2D eigenvalue weighted by Crippen LogP contribution is 2.47. The van der Waals surface area contributed by atoms with E-state index in [2.05, 4.69) is 57.4 Å². The summed E-state index contributed by atoms with van der Waals surface area (Å²) < 4.78 is 0. The molecule has 2 aliphatic heterocycles. The van der Waals surface area contributed by atoms with Crippen molar-refractivity contribution in [2.24, 2.45) is 5.92 Å². The molecular weight excluding hydrogens is 374 g/mol. The average molecular weight is 410 g/mol. The molecule has 1 fully saturated rings. The molecule has 1 amide bonds. The van der Waals surface area contributed by atoms with Gasteiger partial charge in [0.1, 0.15) is 0 Å². The molecule has 2 nitrogen and oxygen atoms in total. The quantitative estimate of drug-likeness (QED) is 0.544. The fourth-order valence-electron chi connectivity index (χ4n) is 5.20. The molecule has 0 spiro atoms. The van der Waals surface area contributed by atoms with E-state index in [9.17, 15) is 4.79 Å². The fourth-order valence-corrected chi connectivity index (χ4v) is 6.21. The van der Waals surface area contributed by atoms with Crippen LogP contribution in [0.3, 0.4) is 0 Å². The molecule has 3 heteroatoms. The van der Waals surface area contributed by atoms with Gasteiger partial charge in [-0.05, 0) is 77.0 Å². The number of thioether (sulfide) groups is 1. The van der Waals surface area contributed by atoms with Crippen LogP contribution >= 0.6 is 11.8 Å². The lowest BCUT2D eigenvalue weighted by atomic mass is 9.63. The van der Waals surface area contributed by atoms with Crippen LogP contribution < -0.4 is 0 Å². The lowest BCUT2D eigenvalue weighted by Crippen LogP contribution is -2.37. The van der Waals surface area contributed by atoms with Crippen molar-refractivity contribution < 1.29 is 4.79 Å². The van der Waals surface area contributed by atoms with Crippen LogP contribution in [0.25, 0.3) is 4.91 Å². The predicted octanol–water partition coefficient (Wildman–Crippen LogP) is 6.66. The van der Waals surface area contributed by atoms with E-state index in [4.69, 9.17) is 0 Å². The number of amides is 1. The van der Waals surface area contributed by atoms with Crippen LogP contribution in [-0.2, 0) is 15.6 Å². The summed E-state index contributed by atoms with van der Waals surface area (Å²) in [7, 11) is 0. The molecule has 1 aromatic rings. The SMILES string of the molecule is CC(=O)N1CCC(C2=CSC(c3ccc4c(c3)C(C)(C)CCC4(C)C)=CC2)CC1. The van der Waals surface area contributed by atoms with Crippen LogP contribution in [0.1, 0.15) is 83.4 Å². The number of carbonyl (C=O) groups excluding carboxylic acids is 1. The highest BCUT2D eigenvalue weighted by molar-refractivity contribution is 8.11. The van der Waals surface area contributed by atoms with Crippen LogP contribution in [-0.4, -0.2) is 23.9 Å². The molecule has 0 saturated carbocycles. The molecule has 1 aromatic carbocycles. The van der Waals surface area contributed by atoms with Crippen molar-refractivity contribution in [1.29, 1.82) is 0 Å². The Bertz CT molecular complexity index is 869. The third-order valence-electron chi connectivity index (χ3n) is 7.46. The average Bonchev–Trinajstić information content (AvgIpc) is 2.71. The molecule has 1 saturated heterocycles. The number of hydrogen-bond donors (Lipinski definition) is 0. The van der Waals surface area contributed by atoms with Crippen LogP contribution in [0.2, 0.25) is 0 Å². The minimum Gasteiger partial charge on any atom is -0.343 e. The van der Waals surface area contributed by atoms with Crippen molar-refractivity contribution in [1.82, 2.24) is 4.90 Å². The second-order valence-corrected chi connectivity index (χ2v) is 11.3. The van der Waals surface area contributed by atoms with Gasteiger partial charge >= 0.3 is 0 Å². The maximum Gasteiger partial charge on any atom is 0.219 e. The van der Waals surface area contributed by atoms with Crippen LogP contribution in [0.4, 0.5) is 0 Å². The molecule has 1 aliphatic carbocycles. The predicted molar refractivity (Wildman–Crippen MR) is 125 cm³/mol. The molecule has 156 valence electrons. The Kier molecular flexibility index (Phi) is 5.48. The van der Waals surface area contributed by atoms with Gasteiger partial charge in [-0.3, -0.25) is 4.79 Å². The number of benzene rings is 1. The van der Waals surface area contributed by atoms with E-state index in [0.717, 1.165) is 32.4 Å². The molecule has 0 bridgehead atoms. The van der Waals surface area contributed by atoms with E-state index >= 15 is 0 Å².